The molecule has 7 nitrogen and oxygen atoms in total. The number of hydrogen-bond acceptors (Lipinski definition) is 4. The van der Waals surface area contributed by atoms with Crippen LogP contribution in [0.15, 0.2) is 60.7 Å². The Morgan fingerprint density at radius 1 is 1.00 bits per heavy atom. The maximum absolute atomic E-state index is 13.3. The molecule has 7 heteroatoms. The van der Waals surface area contributed by atoms with E-state index < -0.39 is 29.4 Å². The second-order valence-electron chi connectivity index (χ2n) is 8.04. The van der Waals surface area contributed by atoms with Gasteiger partial charge < -0.3 is 20.3 Å². The number of benzene rings is 2. The van der Waals surface area contributed by atoms with Crippen molar-refractivity contribution in [3.8, 4) is 0 Å². The molecule has 0 spiro atoms. The zero-order valence-corrected chi connectivity index (χ0v) is 18.3. The Balaban J connectivity index is 2.20. The van der Waals surface area contributed by atoms with Gasteiger partial charge in [-0.05, 0) is 38.5 Å². The fraction of sp³-hybridized carbons (Fsp3) is 0.333. The summed E-state index contributed by atoms with van der Waals surface area (Å²) in [4.78, 5) is 50.9. The molecule has 2 atom stereocenters. The summed E-state index contributed by atoms with van der Waals surface area (Å²) >= 11 is 0. The minimum Gasteiger partial charge on any atom is -0.343 e. The molecule has 3 amide bonds. The normalized spacial score (nSPS) is 12.9. The van der Waals surface area contributed by atoms with Crippen molar-refractivity contribution in [3.63, 3.8) is 0 Å². The molecule has 2 aromatic carbocycles. The Hall–Kier alpha value is -3.48. The van der Waals surface area contributed by atoms with Gasteiger partial charge in [0.25, 0.3) is 5.91 Å². The van der Waals surface area contributed by atoms with Gasteiger partial charge in [-0.25, -0.2) is 0 Å². The molecule has 0 aliphatic rings. The molecule has 0 heterocycles. The molecule has 0 saturated heterocycles. The van der Waals surface area contributed by atoms with Crippen LogP contribution in [0.2, 0.25) is 0 Å². The fourth-order valence-electron chi connectivity index (χ4n) is 2.94. The van der Waals surface area contributed by atoms with E-state index in [1.807, 2.05) is 30.3 Å². The molecule has 0 aromatic heterocycles. The van der Waals surface area contributed by atoms with E-state index in [0.717, 1.165) is 5.56 Å². The summed E-state index contributed by atoms with van der Waals surface area (Å²) in [6, 6.07) is 16.3. The molecule has 0 aliphatic heterocycles. The lowest BCUT2D eigenvalue weighted by Crippen LogP contribution is -2.56. The first kappa shape index (κ1) is 23.8. The summed E-state index contributed by atoms with van der Waals surface area (Å²) in [5.74, 6) is -1.23. The highest BCUT2D eigenvalue weighted by molar-refractivity contribution is 5.98. The molecule has 0 aliphatic carbocycles. The SMILES string of the molecule is C[C@@H](C(=O)NC(C)(C)C=O)N(C)C(=O)[C@@H](Cc1ccccc1)NC(=O)c1ccccc1. The fourth-order valence-corrected chi connectivity index (χ4v) is 2.94. The van der Waals surface area contributed by atoms with E-state index in [1.165, 1.54) is 11.9 Å². The van der Waals surface area contributed by atoms with E-state index >= 15 is 0 Å². The zero-order chi connectivity index (χ0) is 23.0. The third kappa shape index (κ3) is 6.77. The summed E-state index contributed by atoms with van der Waals surface area (Å²) < 4.78 is 0. The monoisotopic (exact) mass is 423 g/mol. The van der Waals surface area contributed by atoms with Gasteiger partial charge in [-0.2, -0.15) is 0 Å². The lowest BCUT2D eigenvalue weighted by Gasteiger charge is -2.30. The quantitative estimate of drug-likeness (QED) is 0.603. The van der Waals surface area contributed by atoms with Gasteiger partial charge in [-0.15, -0.1) is 0 Å². The smallest absolute Gasteiger partial charge is 0.251 e. The number of aldehydes is 1. The summed E-state index contributed by atoms with van der Waals surface area (Å²) in [6.07, 6.45) is 0.911. The third-order valence-corrected chi connectivity index (χ3v) is 4.97. The zero-order valence-electron chi connectivity index (χ0n) is 18.3. The Kier molecular flexibility index (Phi) is 8.07. The molecule has 31 heavy (non-hydrogen) atoms. The van der Waals surface area contributed by atoms with Gasteiger partial charge in [-0.1, -0.05) is 48.5 Å². The summed E-state index contributed by atoms with van der Waals surface area (Å²) in [7, 11) is 1.51. The van der Waals surface area contributed by atoms with Gasteiger partial charge >= 0.3 is 0 Å². The predicted molar refractivity (Wildman–Crippen MR) is 118 cm³/mol. The van der Waals surface area contributed by atoms with Crippen molar-refractivity contribution >= 4 is 24.0 Å². The van der Waals surface area contributed by atoms with Crippen LogP contribution >= 0.6 is 0 Å². The summed E-state index contributed by atoms with van der Waals surface area (Å²) in [6.45, 7) is 4.72. The number of likely N-dealkylation sites (N-methyl/N-ethyl adjacent to an activating group) is 1. The lowest BCUT2D eigenvalue weighted by atomic mass is 10.0. The van der Waals surface area contributed by atoms with Crippen LogP contribution in [-0.2, 0) is 20.8 Å². The van der Waals surface area contributed by atoms with Crippen molar-refractivity contribution < 1.29 is 19.2 Å². The minimum absolute atomic E-state index is 0.275. The van der Waals surface area contributed by atoms with E-state index in [9.17, 15) is 19.2 Å². The molecule has 0 fully saturated rings. The van der Waals surface area contributed by atoms with Crippen LogP contribution in [0.25, 0.3) is 0 Å². The van der Waals surface area contributed by atoms with E-state index in [2.05, 4.69) is 10.6 Å². The summed E-state index contributed by atoms with van der Waals surface area (Å²) in [5, 5.41) is 5.41. The van der Waals surface area contributed by atoms with Gasteiger partial charge in [0.15, 0.2) is 0 Å². The van der Waals surface area contributed by atoms with Crippen molar-refractivity contribution in [1.29, 1.82) is 0 Å². The first-order valence-corrected chi connectivity index (χ1v) is 10.1. The van der Waals surface area contributed by atoms with Crippen LogP contribution in [0, 0.1) is 0 Å². The first-order chi connectivity index (χ1) is 14.6. The van der Waals surface area contributed by atoms with Crippen LogP contribution in [0.5, 0.6) is 0 Å². The van der Waals surface area contributed by atoms with E-state index in [1.54, 1.807) is 51.1 Å². The van der Waals surface area contributed by atoms with E-state index in [0.29, 0.717) is 11.8 Å². The lowest BCUT2D eigenvalue weighted by molar-refractivity contribution is -0.140. The molecule has 0 unspecified atom stereocenters. The Morgan fingerprint density at radius 2 is 1.55 bits per heavy atom. The van der Waals surface area contributed by atoms with Crippen LogP contribution < -0.4 is 10.6 Å². The van der Waals surface area contributed by atoms with E-state index in [4.69, 9.17) is 0 Å². The highest BCUT2D eigenvalue weighted by Crippen LogP contribution is 2.10. The standard InChI is InChI=1S/C24H29N3O4/c1-17(21(29)26-24(2,3)16-28)27(4)23(31)20(15-18-11-7-5-8-12-18)25-22(30)19-13-9-6-10-14-19/h5-14,16-17,20H,15H2,1-4H3,(H,25,30)(H,26,29)/t17-,20+/m0/s1. The van der Waals surface area contributed by atoms with Gasteiger partial charge in [0.2, 0.25) is 11.8 Å². The average Bonchev–Trinajstić information content (AvgIpc) is 2.78. The van der Waals surface area contributed by atoms with Gasteiger partial charge in [0.1, 0.15) is 18.4 Å². The molecule has 164 valence electrons. The minimum atomic E-state index is -1.04. The maximum atomic E-state index is 13.3. The number of carbonyl (C=O) groups excluding carboxylic acids is 4. The van der Waals surface area contributed by atoms with Gasteiger partial charge in [0.05, 0.1) is 5.54 Å². The number of nitrogens with one attached hydrogen (secondary N) is 2. The molecule has 2 rings (SSSR count). The Labute approximate surface area is 182 Å². The summed E-state index contributed by atoms with van der Waals surface area (Å²) in [5.41, 5.74) is 0.275. The molecule has 0 radical (unpaired) electrons. The number of amides is 3. The van der Waals surface area contributed by atoms with Crippen LogP contribution in [-0.4, -0.2) is 53.6 Å². The van der Waals surface area contributed by atoms with Crippen molar-refractivity contribution in [2.24, 2.45) is 0 Å². The van der Waals surface area contributed by atoms with Crippen LogP contribution in [0.1, 0.15) is 36.7 Å². The Bertz CT molecular complexity index is 913. The van der Waals surface area contributed by atoms with Crippen molar-refractivity contribution in [2.45, 2.75) is 44.8 Å². The highest BCUT2D eigenvalue weighted by Gasteiger charge is 2.32. The number of nitrogens with zero attached hydrogens (tertiary/aromatic N) is 1. The maximum Gasteiger partial charge on any atom is 0.251 e. The third-order valence-electron chi connectivity index (χ3n) is 4.97. The van der Waals surface area contributed by atoms with Gasteiger partial charge in [-0.3, -0.25) is 14.4 Å². The molecular formula is C24H29N3O4. The molecular weight excluding hydrogens is 394 g/mol. The van der Waals surface area contributed by atoms with Crippen LogP contribution in [0.3, 0.4) is 0 Å². The molecule has 2 aromatic rings. The average molecular weight is 424 g/mol. The predicted octanol–water partition coefficient (Wildman–Crippen LogP) is 1.97. The highest BCUT2D eigenvalue weighted by atomic mass is 16.2. The largest absolute Gasteiger partial charge is 0.343 e. The van der Waals surface area contributed by atoms with Crippen molar-refractivity contribution in [2.75, 3.05) is 7.05 Å². The second kappa shape index (κ2) is 10.5. The van der Waals surface area contributed by atoms with Crippen molar-refractivity contribution in [1.82, 2.24) is 15.5 Å². The Morgan fingerprint density at radius 3 is 2.10 bits per heavy atom. The number of rotatable bonds is 9. The first-order valence-electron chi connectivity index (χ1n) is 10.1. The van der Waals surface area contributed by atoms with Crippen molar-refractivity contribution in [3.05, 3.63) is 71.8 Å². The van der Waals surface area contributed by atoms with E-state index in [-0.39, 0.29) is 12.3 Å². The molecule has 0 bridgehead atoms. The second-order valence-corrected chi connectivity index (χ2v) is 8.04. The molecule has 2 N–H and O–H groups in total. The number of hydrogen-bond donors (Lipinski definition) is 2. The van der Waals surface area contributed by atoms with Crippen LogP contribution in [0.4, 0.5) is 0 Å². The topological polar surface area (TPSA) is 95.6 Å². The molecule has 0 saturated carbocycles. The van der Waals surface area contributed by atoms with Gasteiger partial charge in [0, 0.05) is 19.0 Å². The number of carbonyl (C=O) groups is 4.